The third-order valence-corrected chi connectivity index (χ3v) is 5.45. The molecule has 2 aromatic carbocycles. The number of hydrogen-bond donors (Lipinski definition) is 4. The zero-order chi connectivity index (χ0) is 22.5. The maximum atomic E-state index is 13.4. The summed E-state index contributed by atoms with van der Waals surface area (Å²) in [6.07, 6.45) is 1.55. The Balaban J connectivity index is 1.98. The summed E-state index contributed by atoms with van der Waals surface area (Å²) in [4.78, 5) is 29.4. The van der Waals surface area contributed by atoms with Crippen LogP contribution in [0.2, 0.25) is 5.02 Å². The number of carbonyl (C=O) groups excluding carboxylic acids is 1. The van der Waals surface area contributed by atoms with Gasteiger partial charge in [0.05, 0.1) is 11.1 Å². The molecule has 1 unspecified atom stereocenters. The van der Waals surface area contributed by atoms with E-state index in [1.807, 2.05) is 0 Å². The molecule has 1 atom stereocenters. The highest BCUT2D eigenvalue weighted by Gasteiger charge is 2.26. The minimum absolute atomic E-state index is 0.0440. The van der Waals surface area contributed by atoms with Crippen LogP contribution in [-0.4, -0.2) is 45.9 Å². The highest BCUT2D eigenvalue weighted by Crippen LogP contribution is 2.28. The van der Waals surface area contributed by atoms with Gasteiger partial charge in [0.1, 0.15) is 5.82 Å². The number of rotatable bonds is 7. The second kappa shape index (κ2) is 9.91. The van der Waals surface area contributed by atoms with Crippen LogP contribution in [0.4, 0.5) is 14.9 Å². The molecule has 0 fully saturated rings. The van der Waals surface area contributed by atoms with E-state index in [0.717, 1.165) is 6.07 Å². The van der Waals surface area contributed by atoms with Crippen LogP contribution in [0.25, 0.3) is 10.8 Å². The minimum atomic E-state index is -0.606. The van der Waals surface area contributed by atoms with Crippen molar-refractivity contribution in [3.8, 4) is 0 Å². The second-order valence-corrected chi connectivity index (χ2v) is 7.64. The van der Waals surface area contributed by atoms with E-state index in [0.29, 0.717) is 22.0 Å². The molecule has 3 aromatic rings. The van der Waals surface area contributed by atoms with E-state index in [1.54, 1.807) is 37.4 Å². The number of pyridine rings is 1. The summed E-state index contributed by atoms with van der Waals surface area (Å²) in [5.74, 6) is -1.18. The number of benzene rings is 2. The first kappa shape index (κ1) is 22.7. The van der Waals surface area contributed by atoms with Gasteiger partial charge in [0.25, 0.3) is 5.56 Å². The van der Waals surface area contributed by atoms with Gasteiger partial charge in [-0.15, -0.1) is 0 Å². The summed E-state index contributed by atoms with van der Waals surface area (Å²) in [5, 5.41) is 22.8. The maximum Gasteiger partial charge on any atom is 0.322 e. The van der Waals surface area contributed by atoms with Gasteiger partial charge >= 0.3 is 6.03 Å². The second-order valence-electron chi connectivity index (χ2n) is 7.24. The summed E-state index contributed by atoms with van der Waals surface area (Å²) in [6, 6.07) is 9.80. The molecule has 4 N–H and O–H groups in total. The molecule has 7 nitrogen and oxygen atoms in total. The number of fused-ring (bicyclic) bond motifs is 1. The number of carbonyl (C=O) groups is 1. The molecule has 31 heavy (non-hydrogen) atoms. The fraction of sp³-hybridized carbons (Fsp3) is 0.273. The number of aliphatic hydroxyl groups excluding tert-OH is 2. The number of H-pyrrole nitrogens is 1. The van der Waals surface area contributed by atoms with Crippen molar-refractivity contribution in [2.45, 2.75) is 13.0 Å². The Hall–Kier alpha value is -2.94. The Bertz CT molecular complexity index is 1130. The average molecular weight is 448 g/mol. The van der Waals surface area contributed by atoms with E-state index < -0.39 is 23.8 Å². The number of urea groups is 1. The highest BCUT2D eigenvalue weighted by molar-refractivity contribution is 6.31. The van der Waals surface area contributed by atoms with E-state index in [1.165, 1.54) is 17.0 Å². The van der Waals surface area contributed by atoms with Gasteiger partial charge < -0.3 is 25.4 Å². The standard InChI is InChI=1S/C22H23ClFN3O4/c1-13(18-9-25-21(30)17-5-3-2-4-16(17)18)27(10-14(11-28)12-29)22(31)26-15-6-7-20(24)19(23)8-15/h2-9,13-14,28-29H,10-12H2,1H3,(H,25,30)(H,26,31). The Morgan fingerprint density at radius 1 is 1.19 bits per heavy atom. The van der Waals surface area contributed by atoms with E-state index in [2.05, 4.69) is 10.3 Å². The monoisotopic (exact) mass is 447 g/mol. The van der Waals surface area contributed by atoms with Crippen LogP contribution < -0.4 is 10.9 Å². The summed E-state index contributed by atoms with van der Waals surface area (Å²) in [6.45, 7) is 1.19. The van der Waals surface area contributed by atoms with Crippen LogP contribution in [0, 0.1) is 11.7 Å². The average Bonchev–Trinajstić information content (AvgIpc) is 2.77. The first-order chi connectivity index (χ1) is 14.8. The van der Waals surface area contributed by atoms with Gasteiger partial charge in [-0.1, -0.05) is 29.8 Å². The molecular weight excluding hydrogens is 425 g/mol. The number of hydrogen-bond acceptors (Lipinski definition) is 4. The summed E-state index contributed by atoms with van der Waals surface area (Å²) < 4.78 is 13.4. The molecule has 0 saturated heterocycles. The molecule has 0 spiro atoms. The smallest absolute Gasteiger partial charge is 0.322 e. The number of nitrogens with zero attached hydrogens (tertiary/aromatic N) is 1. The van der Waals surface area contributed by atoms with Crippen molar-refractivity contribution in [2.75, 3.05) is 25.1 Å². The zero-order valence-corrected chi connectivity index (χ0v) is 17.6. The van der Waals surface area contributed by atoms with Crippen molar-refractivity contribution in [2.24, 2.45) is 5.92 Å². The number of amides is 2. The van der Waals surface area contributed by atoms with E-state index in [-0.39, 0.29) is 30.3 Å². The molecule has 3 rings (SSSR count). The third-order valence-electron chi connectivity index (χ3n) is 5.16. The van der Waals surface area contributed by atoms with Crippen molar-refractivity contribution in [1.82, 2.24) is 9.88 Å². The zero-order valence-electron chi connectivity index (χ0n) is 16.8. The van der Waals surface area contributed by atoms with Crippen LogP contribution in [-0.2, 0) is 0 Å². The largest absolute Gasteiger partial charge is 0.396 e. The fourth-order valence-corrected chi connectivity index (χ4v) is 3.56. The molecule has 1 aromatic heterocycles. The Kier molecular flexibility index (Phi) is 7.27. The lowest BCUT2D eigenvalue weighted by Crippen LogP contribution is -2.42. The molecule has 1 heterocycles. The molecule has 0 aliphatic carbocycles. The Morgan fingerprint density at radius 3 is 2.52 bits per heavy atom. The third kappa shape index (κ3) is 5.04. The molecular formula is C22H23ClFN3O4. The van der Waals surface area contributed by atoms with E-state index in [9.17, 15) is 24.2 Å². The quantitative estimate of drug-likeness (QED) is 0.444. The number of halogens is 2. The van der Waals surface area contributed by atoms with E-state index in [4.69, 9.17) is 11.6 Å². The van der Waals surface area contributed by atoms with Crippen LogP contribution in [0.15, 0.2) is 53.5 Å². The predicted molar refractivity (Wildman–Crippen MR) is 118 cm³/mol. The van der Waals surface area contributed by atoms with Gasteiger partial charge in [-0.2, -0.15) is 0 Å². The van der Waals surface area contributed by atoms with E-state index >= 15 is 0 Å². The van der Waals surface area contributed by atoms with Crippen molar-refractivity contribution in [1.29, 1.82) is 0 Å². The molecule has 2 amide bonds. The first-order valence-corrected chi connectivity index (χ1v) is 10.1. The van der Waals surface area contributed by atoms with Crippen molar-refractivity contribution in [3.63, 3.8) is 0 Å². The lowest BCUT2D eigenvalue weighted by Gasteiger charge is -2.32. The Labute approximate surface area is 183 Å². The topological polar surface area (TPSA) is 106 Å². The normalized spacial score (nSPS) is 12.2. The van der Waals surface area contributed by atoms with Crippen LogP contribution in [0.5, 0.6) is 0 Å². The number of nitrogens with one attached hydrogen (secondary N) is 2. The van der Waals surface area contributed by atoms with Gasteiger partial charge in [0.15, 0.2) is 0 Å². The molecule has 9 heteroatoms. The first-order valence-electron chi connectivity index (χ1n) is 9.70. The molecule has 164 valence electrons. The van der Waals surface area contributed by atoms with Crippen molar-refractivity contribution in [3.05, 3.63) is 75.4 Å². The van der Waals surface area contributed by atoms with Gasteiger partial charge in [-0.3, -0.25) is 4.79 Å². The molecule has 0 aliphatic heterocycles. The fourth-order valence-electron chi connectivity index (χ4n) is 3.38. The van der Waals surface area contributed by atoms with Gasteiger partial charge in [0, 0.05) is 42.9 Å². The molecule has 0 aliphatic rings. The maximum absolute atomic E-state index is 13.4. The van der Waals surface area contributed by atoms with Gasteiger partial charge in [-0.05, 0) is 42.1 Å². The molecule has 0 saturated carbocycles. The van der Waals surface area contributed by atoms with Crippen LogP contribution in [0.3, 0.4) is 0 Å². The molecule has 0 bridgehead atoms. The Morgan fingerprint density at radius 2 is 1.87 bits per heavy atom. The van der Waals surface area contributed by atoms with Gasteiger partial charge in [0.2, 0.25) is 0 Å². The molecule has 0 radical (unpaired) electrons. The van der Waals surface area contributed by atoms with Crippen molar-refractivity contribution >= 4 is 34.1 Å². The minimum Gasteiger partial charge on any atom is -0.396 e. The predicted octanol–water partition coefficient (Wildman–Crippen LogP) is 3.52. The van der Waals surface area contributed by atoms with Crippen molar-refractivity contribution < 1.29 is 19.4 Å². The summed E-state index contributed by atoms with van der Waals surface area (Å²) in [7, 11) is 0. The number of aliphatic hydroxyl groups is 2. The van der Waals surface area contributed by atoms with Crippen LogP contribution >= 0.6 is 11.6 Å². The number of anilines is 1. The lowest BCUT2D eigenvalue weighted by molar-refractivity contribution is 0.108. The van der Waals surface area contributed by atoms with Crippen LogP contribution in [0.1, 0.15) is 18.5 Å². The summed E-state index contributed by atoms with van der Waals surface area (Å²) in [5.41, 5.74) is 0.744. The number of aromatic amines is 1. The SMILES string of the molecule is CC(c1c[nH]c(=O)c2ccccc12)N(CC(CO)CO)C(=O)Nc1ccc(F)c(Cl)c1. The van der Waals surface area contributed by atoms with Gasteiger partial charge in [-0.25, -0.2) is 9.18 Å². The lowest BCUT2D eigenvalue weighted by atomic mass is 10.0. The summed E-state index contributed by atoms with van der Waals surface area (Å²) >= 11 is 5.80. The number of aromatic nitrogens is 1. The highest BCUT2D eigenvalue weighted by atomic mass is 35.5.